The highest BCUT2D eigenvalue weighted by Gasteiger charge is 2.41. The van der Waals surface area contributed by atoms with Gasteiger partial charge in [-0.05, 0) is 32.7 Å². The summed E-state index contributed by atoms with van der Waals surface area (Å²) in [4.78, 5) is 35.8. The Labute approximate surface area is 141 Å². The second-order valence-electron chi connectivity index (χ2n) is 7.11. The zero-order valence-electron chi connectivity index (χ0n) is 14.1. The number of aliphatic carboxylic acids is 1. The maximum absolute atomic E-state index is 12.3. The van der Waals surface area contributed by atoms with Crippen LogP contribution in [0.3, 0.4) is 0 Å². The number of piperidine rings is 2. The number of carboxylic acid groups (broad SMARTS) is 1. The zero-order chi connectivity index (χ0) is 17.2. The molecule has 24 heavy (non-hydrogen) atoms. The van der Waals surface area contributed by atoms with Crippen LogP contribution in [0.4, 0.5) is 0 Å². The Hall–Kier alpha value is -2.02. The number of aromatic nitrogens is 2. The number of nitrogens with zero attached hydrogens (tertiary/aromatic N) is 4. The predicted octanol–water partition coefficient (Wildman–Crippen LogP) is 1.07. The standard InChI is InChI=1S/C17H24N4O3/c1-13-7-19-14(8-18-13)9-21-12-17(5-3-15(21)22)4-2-6-20(11-17)10-16(23)24/h7-8H,2-6,9-12H2,1H3,(H,23,24)/t17-/m0/s1. The van der Waals surface area contributed by atoms with Crippen molar-refractivity contribution < 1.29 is 14.7 Å². The van der Waals surface area contributed by atoms with Gasteiger partial charge in [-0.2, -0.15) is 0 Å². The second kappa shape index (κ2) is 6.84. The van der Waals surface area contributed by atoms with E-state index in [2.05, 4.69) is 9.97 Å². The summed E-state index contributed by atoms with van der Waals surface area (Å²) in [6.45, 7) is 4.70. The van der Waals surface area contributed by atoms with Crippen molar-refractivity contribution in [2.24, 2.45) is 5.41 Å². The molecule has 2 aliphatic heterocycles. The quantitative estimate of drug-likeness (QED) is 0.888. The van der Waals surface area contributed by atoms with E-state index in [1.165, 1.54) is 0 Å². The molecule has 2 aliphatic rings. The van der Waals surface area contributed by atoms with E-state index in [-0.39, 0.29) is 17.9 Å². The molecular formula is C17H24N4O3. The van der Waals surface area contributed by atoms with Gasteiger partial charge < -0.3 is 10.0 Å². The second-order valence-corrected chi connectivity index (χ2v) is 7.11. The lowest BCUT2D eigenvalue weighted by molar-refractivity contribution is -0.144. The van der Waals surface area contributed by atoms with Crippen LogP contribution in [-0.2, 0) is 16.1 Å². The molecule has 3 heterocycles. The molecule has 1 atom stereocenters. The molecule has 0 bridgehead atoms. The molecule has 1 amide bonds. The van der Waals surface area contributed by atoms with Crippen molar-refractivity contribution >= 4 is 11.9 Å². The number of carbonyl (C=O) groups excluding carboxylic acids is 1. The monoisotopic (exact) mass is 332 g/mol. The lowest BCUT2D eigenvalue weighted by Gasteiger charge is -2.48. The summed E-state index contributed by atoms with van der Waals surface area (Å²) in [6.07, 6.45) is 6.85. The average Bonchev–Trinajstić information content (AvgIpc) is 2.53. The number of likely N-dealkylation sites (tertiary alicyclic amines) is 2. The molecule has 7 nitrogen and oxygen atoms in total. The third-order valence-corrected chi connectivity index (χ3v) is 5.03. The Morgan fingerprint density at radius 3 is 2.83 bits per heavy atom. The molecule has 3 rings (SSSR count). The van der Waals surface area contributed by atoms with Crippen molar-refractivity contribution in [3.8, 4) is 0 Å². The van der Waals surface area contributed by atoms with Gasteiger partial charge in [-0.1, -0.05) is 0 Å². The van der Waals surface area contributed by atoms with Gasteiger partial charge in [-0.25, -0.2) is 0 Å². The Balaban J connectivity index is 1.69. The van der Waals surface area contributed by atoms with E-state index in [1.807, 2.05) is 16.7 Å². The van der Waals surface area contributed by atoms with Crippen molar-refractivity contribution in [1.82, 2.24) is 19.8 Å². The van der Waals surface area contributed by atoms with Crippen molar-refractivity contribution in [2.75, 3.05) is 26.2 Å². The largest absolute Gasteiger partial charge is 0.480 e. The number of carbonyl (C=O) groups is 2. The molecule has 0 saturated carbocycles. The minimum atomic E-state index is -0.786. The Morgan fingerprint density at radius 1 is 1.29 bits per heavy atom. The minimum Gasteiger partial charge on any atom is -0.480 e. The summed E-state index contributed by atoms with van der Waals surface area (Å²) in [5.74, 6) is -0.635. The normalized spacial score (nSPS) is 25.2. The highest BCUT2D eigenvalue weighted by atomic mass is 16.4. The molecule has 1 aromatic heterocycles. The van der Waals surface area contributed by atoms with E-state index in [0.717, 1.165) is 43.7 Å². The summed E-state index contributed by atoms with van der Waals surface area (Å²) < 4.78 is 0. The Morgan fingerprint density at radius 2 is 2.12 bits per heavy atom. The topological polar surface area (TPSA) is 86.6 Å². The molecule has 2 saturated heterocycles. The van der Waals surface area contributed by atoms with Gasteiger partial charge in [0.2, 0.25) is 5.91 Å². The maximum atomic E-state index is 12.3. The highest BCUT2D eigenvalue weighted by molar-refractivity contribution is 5.77. The average molecular weight is 332 g/mol. The van der Waals surface area contributed by atoms with Gasteiger partial charge in [0.05, 0.1) is 30.7 Å². The molecule has 7 heteroatoms. The summed E-state index contributed by atoms with van der Waals surface area (Å²) in [7, 11) is 0. The zero-order valence-corrected chi connectivity index (χ0v) is 14.1. The van der Waals surface area contributed by atoms with Gasteiger partial charge >= 0.3 is 5.97 Å². The summed E-state index contributed by atoms with van der Waals surface area (Å²) >= 11 is 0. The third-order valence-electron chi connectivity index (χ3n) is 5.03. The van der Waals surface area contributed by atoms with Crippen LogP contribution in [0, 0.1) is 12.3 Å². The van der Waals surface area contributed by atoms with Gasteiger partial charge in [0.25, 0.3) is 0 Å². The Kier molecular flexibility index (Phi) is 4.80. The molecule has 1 N–H and O–H groups in total. The molecule has 1 spiro atoms. The molecule has 0 radical (unpaired) electrons. The first kappa shape index (κ1) is 16.8. The predicted molar refractivity (Wildman–Crippen MR) is 87.2 cm³/mol. The van der Waals surface area contributed by atoms with Crippen molar-refractivity contribution in [3.05, 3.63) is 23.8 Å². The van der Waals surface area contributed by atoms with Crippen molar-refractivity contribution in [1.29, 1.82) is 0 Å². The number of aryl methyl sites for hydroxylation is 1. The van der Waals surface area contributed by atoms with Crippen molar-refractivity contribution in [2.45, 2.75) is 39.2 Å². The Bertz CT molecular complexity index is 619. The summed E-state index contributed by atoms with van der Waals surface area (Å²) in [5, 5.41) is 9.04. The van der Waals surface area contributed by atoms with Crippen LogP contribution in [0.1, 0.15) is 37.1 Å². The van der Waals surface area contributed by atoms with Crippen LogP contribution in [0.15, 0.2) is 12.4 Å². The van der Waals surface area contributed by atoms with Crippen molar-refractivity contribution in [3.63, 3.8) is 0 Å². The number of amides is 1. The fraction of sp³-hybridized carbons (Fsp3) is 0.647. The lowest BCUT2D eigenvalue weighted by atomic mass is 9.73. The van der Waals surface area contributed by atoms with Crippen LogP contribution >= 0.6 is 0 Å². The number of carboxylic acids is 1. The first-order valence-electron chi connectivity index (χ1n) is 8.45. The van der Waals surface area contributed by atoms with E-state index in [4.69, 9.17) is 5.11 Å². The molecular weight excluding hydrogens is 308 g/mol. The first-order chi connectivity index (χ1) is 11.5. The smallest absolute Gasteiger partial charge is 0.317 e. The van der Waals surface area contributed by atoms with Crippen LogP contribution in [0.2, 0.25) is 0 Å². The van der Waals surface area contributed by atoms with Crippen LogP contribution in [0.5, 0.6) is 0 Å². The fourth-order valence-corrected chi connectivity index (χ4v) is 3.91. The van der Waals surface area contributed by atoms with Crippen LogP contribution < -0.4 is 0 Å². The summed E-state index contributed by atoms with van der Waals surface area (Å²) in [6, 6.07) is 0. The molecule has 0 unspecified atom stereocenters. The highest BCUT2D eigenvalue weighted by Crippen LogP contribution is 2.39. The van der Waals surface area contributed by atoms with Crippen LogP contribution in [-0.4, -0.2) is 62.9 Å². The van der Waals surface area contributed by atoms with E-state index < -0.39 is 5.97 Å². The van der Waals surface area contributed by atoms with Gasteiger partial charge in [-0.3, -0.25) is 24.5 Å². The number of rotatable bonds is 4. The lowest BCUT2D eigenvalue weighted by Crippen LogP contribution is -2.54. The van der Waals surface area contributed by atoms with Gasteiger partial charge in [-0.15, -0.1) is 0 Å². The first-order valence-corrected chi connectivity index (χ1v) is 8.45. The van der Waals surface area contributed by atoms with E-state index >= 15 is 0 Å². The fourth-order valence-electron chi connectivity index (χ4n) is 3.91. The molecule has 1 aromatic rings. The SMILES string of the molecule is Cc1cnc(CN2C[C@@]3(CCCN(CC(=O)O)C3)CCC2=O)cn1. The molecule has 0 aliphatic carbocycles. The van der Waals surface area contributed by atoms with E-state index in [0.29, 0.717) is 19.5 Å². The molecule has 130 valence electrons. The van der Waals surface area contributed by atoms with Gasteiger partial charge in [0, 0.05) is 31.1 Å². The van der Waals surface area contributed by atoms with Gasteiger partial charge in [0.1, 0.15) is 0 Å². The van der Waals surface area contributed by atoms with E-state index in [9.17, 15) is 9.59 Å². The third kappa shape index (κ3) is 3.90. The maximum Gasteiger partial charge on any atom is 0.317 e. The van der Waals surface area contributed by atoms with Gasteiger partial charge in [0.15, 0.2) is 0 Å². The summed E-state index contributed by atoms with van der Waals surface area (Å²) in [5.41, 5.74) is 1.67. The number of hydrogen-bond donors (Lipinski definition) is 1. The minimum absolute atomic E-state index is 0.0136. The molecule has 0 aromatic carbocycles. The van der Waals surface area contributed by atoms with E-state index in [1.54, 1.807) is 12.4 Å². The van der Waals surface area contributed by atoms with Crippen LogP contribution in [0.25, 0.3) is 0 Å². The number of hydrogen-bond acceptors (Lipinski definition) is 5. The molecule has 2 fully saturated rings.